The first-order chi connectivity index (χ1) is 12.1. The molecular weight excluding hydrogens is 340 g/mol. The van der Waals surface area contributed by atoms with Crippen molar-refractivity contribution < 1.29 is 9.53 Å². The number of hydrogen-bond donors (Lipinski definition) is 1. The highest BCUT2D eigenvalue weighted by Crippen LogP contribution is 2.41. The van der Waals surface area contributed by atoms with E-state index < -0.39 is 0 Å². The monoisotopic (exact) mass is 358 g/mol. The van der Waals surface area contributed by atoms with Crippen LogP contribution in [0.1, 0.15) is 65.1 Å². The molecule has 0 aliphatic heterocycles. The molecule has 2 aromatic rings. The smallest absolute Gasteiger partial charge is 0.339 e. The molecule has 0 atom stereocenters. The number of aromatic nitrogens is 3. The molecule has 0 saturated heterocycles. The van der Waals surface area contributed by atoms with Crippen LogP contribution in [-0.4, -0.2) is 28.0 Å². The van der Waals surface area contributed by atoms with Crippen molar-refractivity contribution >= 4 is 23.4 Å². The van der Waals surface area contributed by atoms with Crippen LogP contribution in [0, 0.1) is 0 Å². The van der Waals surface area contributed by atoms with E-state index >= 15 is 0 Å². The fourth-order valence-electron chi connectivity index (χ4n) is 2.80. The van der Waals surface area contributed by atoms with Crippen molar-refractivity contribution in [1.29, 1.82) is 0 Å². The Kier molecular flexibility index (Phi) is 4.29. The van der Waals surface area contributed by atoms with Crippen LogP contribution in [0.3, 0.4) is 0 Å². The summed E-state index contributed by atoms with van der Waals surface area (Å²) in [5, 5.41) is 3.71. The number of rotatable bonds is 6. The predicted octanol–water partition coefficient (Wildman–Crippen LogP) is 3.68. The number of carbonyl (C=O) groups excluding carboxylic acids is 1. The molecule has 25 heavy (non-hydrogen) atoms. The Hall–Kier alpha value is -2.21. The molecule has 0 bridgehead atoms. The molecule has 2 aromatic heterocycles. The molecule has 130 valence electrons. The summed E-state index contributed by atoms with van der Waals surface area (Å²) in [5.74, 6) is 1.99. The predicted molar refractivity (Wildman–Crippen MR) is 93.9 cm³/mol. The molecule has 0 aromatic carbocycles. The van der Waals surface area contributed by atoms with Crippen LogP contribution in [0.25, 0.3) is 0 Å². The molecule has 0 amide bonds. The van der Waals surface area contributed by atoms with Crippen LogP contribution in [0.5, 0.6) is 0 Å². The van der Waals surface area contributed by atoms with Crippen molar-refractivity contribution in [2.24, 2.45) is 0 Å². The van der Waals surface area contributed by atoms with E-state index in [1.807, 2.05) is 6.07 Å². The van der Waals surface area contributed by atoms with Gasteiger partial charge >= 0.3 is 5.97 Å². The molecule has 6 nitrogen and oxygen atoms in total. The highest BCUT2D eigenvalue weighted by Gasteiger charge is 2.30. The molecule has 0 unspecified atom stereocenters. The Bertz CT molecular complexity index is 819. The van der Waals surface area contributed by atoms with E-state index in [4.69, 9.17) is 16.3 Å². The topological polar surface area (TPSA) is 77.0 Å². The van der Waals surface area contributed by atoms with Crippen LogP contribution in [0.2, 0.25) is 5.15 Å². The van der Waals surface area contributed by atoms with Gasteiger partial charge in [-0.3, -0.25) is 4.98 Å². The van der Waals surface area contributed by atoms with E-state index in [0.717, 1.165) is 42.9 Å². The van der Waals surface area contributed by atoms with Gasteiger partial charge in [0.05, 0.1) is 30.6 Å². The first kappa shape index (κ1) is 16.3. The van der Waals surface area contributed by atoms with Gasteiger partial charge in [-0.1, -0.05) is 11.6 Å². The highest BCUT2D eigenvalue weighted by molar-refractivity contribution is 6.29. The Balaban J connectivity index is 1.51. The number of ether oxygens (including phenoxy) is 1. The summed E-state index contributed by atoms with van der Waals surface area (Å²) in [6.45, 7) is 0.513. The second-order valence-corrected chi connectivity index (χ2v) is 6.95. The second kappa shape index (κ2) is 6.59. The summed E-state index contributed by atoms with van der Waals surface area (Å²) < 4.78 is 4.85. The van der Waals surface area contributed by atoms with Gasteiger partial charge in [0.15, 0.2) is 0 Å². The largest absolute Gasteiger partial charge is 0.465 e. The number of nitrogens with zero attached hydrogens (tertiary/aromatic N) is 3. The number of pyridine rings is 1. The van der Waals surface area contributed by atoms with Gasteiger partial charge in [0, 0.05) is 17.9 Å². The molecule has 2 fully saturated rings. The number of esters is 1. The number of nitrogens with one attached hydrogen (secondary N) is 1. The standard InChI is InChI=1S/C18H19ClN4O2/c1-25-18(24)13-7-6-12(21-16(13)10-2-3-10)9-20-15-8-14(19)22-17(23-15)11-4-5-11/h6-8,10-11H,2-5,9H2,1H3,(H,20,22,23). The Morgan fingerprint density at radius 2 is 1.96 bits per heavy atom. The van der Waals surface area contributed by atoms with Crippen LogP contribution in [0.4, 0.5) is 5.82 Å². The molecule has 0 radical (unpaired) electrons. The summed E-state index contributed by atoms with van der Waals surface area (Å²) >= 11 is 6.09. The van der Waals surface area contributed by atoms with Crippen molar-refractivity contribution in [2.45, 2.75) is 44.1 Å². The third-order valence-corrected chi connectivity index (χ3v) is 4.65. The molecule has 1 N–H and O–H groups in total. The Morgan fingerprint density at radius 1 is 1.20 bits per heavy atom. The van der Waals surface area contributed by atoms with Crippen LogP contribution in [0.15, 0.2) is 18.2 Å². The lowest BCUT2D eigenvalue weighted by atomic mass is 10.1. The third kappa shape index (κ3) is 3.74. The van der Waals surface area contributed by atoms with Gasteiger partial charge in [-0.05, 0) is 37.8 Å². The summed E-state index contributed by atoms with van der Waals surface area (Å²) in [6, 6.07) is 5.36. The molecule has 2 saturated carbocycles. The van der Waals surface area contributed by atoms with Gasteiger partial charge in [-0.25, -0.2) is 14.8 Å². The minimum absolute atomic E-state index is 0.328. The van der Waals surface area contributed by atoms with E-state index in [1.165, 1.54) is 7.11 Å². The van der Waals surface area contributed by atoms with Crippen molar-refractivity contribution in [3.63, 3.8) is 0 Å². The summed E-state index contributed by atoms with van der Waals surface area (Å²) in [4.78, 5) is 25.4. The van der Waals surface area contributed by atoms with E-state index in [2.05, 4.69) is 20.3 Å². The van der Waals surface area contributed by atoms with E-state index in [0.29, 0.717) is 34.9 Å². The maximum absolute atomic E-state index is 11.9. The van der Waals surface area contributed by atoms with E-state index in [1.54, 1.807) is 12.1 Å². The zero-order valence-electron chi connectivity index (χ0n) is 14.0. The lowest BCUT2D eigenvalue weighted by molar-refractivity contribution is 0.0598. The Morgan fingerprint density at radius 3 is 2.64 bits per heavy atom. The fourth-order valence-corrected chi connectivity index (χ4v) is 2.99. The normalized spacial score (nSPS) is 16.6. The minimum Gasteiger partial charge on any atom is -0.465 e. The minimum atomic E-state index is -0.328. The van der Waals surface area contributed by atoms with Gasteiger partial charge in [-0.15, -0.1) is 0 Å². The maximum Gasteiger partial charge on any atom is 0.339 e. The van der Waals surface area contributed by atoms with Crippen molar-refractivity contribution in [2.75, 3.05) is 12.4 Å². The summed E-state index contributed by atoms with van der Waals surface area (Å²) in [7, 11) is 1.39. The molecule has 7 heteroatoms. The van der Waals surface area contributed by atoms with Crippen LogP contribution < -0.4 is 5.32 Å². The van der Waals surface area contributed by atoms with Gasteiger partial charge in [0.2, 0.25) is 0 Å². The fraction of sp³-hybridized carbons (Fsp3) is 0.444. The number of methoxy groups -OCH3 is 1. The molecular formula is C18H19ClN4O2. The number of carbonyl (C=O) groups is 1. The third-order valence-electron chi connectivity index (χ3n) is 4.46. The molecule has 2 aliphatic rings. The van der Waals surface area contributed by atoms with Crippen LogP contribution in [-0.2, 0) is 11.3 Å². The first-order valence-electron chi connectivity index (χ1n) is 8.50. The van der Waals surface area contributed by atoms with Gasteiger partial charge in [0.1, 0.15) is 16.8 Å². The molecule has 2 heterocycles. The average Bonchev–Trinajstić information content (AvgIpc) is 3.50. The van der Waals surface area contributed by atoms with Crippen molar-refractivity contribution in [1.82, 2.24) is 15.0 Å². The van der Waals surface area contributed by atoms with Gasteiger partial charge in [0.25, 0.3) is 0 Å². The first-order valence-corrected chi connectivity index (χ1v) is 8.88. The molecule has 2 aliphatic carbocycles. The Labute approximate surface area is 151 Å². The number of hydrogen-bond acceptors (Lipinski definition) is 6. The van der Waals surface area contributed by atoms with Gasteiger partial charge in [-0.2, -0.15) is 0 Å². The lowest BCUT2D eigenvalue weighted by Crippen LogP contribution is -2.11. The van der Waals surface area contributed by atoms with Crippen LogP contribution >= 0.6 is 11.6 Å². The second-order valence-electron chi connectivity index (χ2n) is 6.56. The van der Waals surface area contributed by atoms with Crippen molar-refractivity contribution in [3.05, 3.63) is 46.1 Å². The summed E-state index contributed by atoms with van der Waals surface area (Å²) in [6.07, 6.45) is 4.39. The average molecular weight is 359 g/mol. The molecule has 0 spiro atoms. The molecule has 4 rings (SSSR count). The van der Waals surface area contributed by atoms with Gasteiger partial charge < -0.3 is 10.1 Å². The highest BCUT2D eigenvalue weighted by atomic mass is 35.5. The quantitative estimate of drug-likeness (QED) is 0.627. The lowest BCUT2D eigenvalue weighted by Gasteiger charge is -2.11. The maximum atomic E-state index is 11.9. The van der Waals surface area contributed by atoms with E-state index in [-0.39, 0.29) is 5.97 Å². The van der Waals surface area contributed by atoms with Crippen molar-refractivity contribution in [3.8, 4) is 0 Å². The van der Waals surface area contributed by atoms with E-state index in [9.17, 15) is 4.79 Å². The zero-order chi connectivity index (χ0) is 17.4. The summed E-state index contributed by atoms with van der Waals surface area (Å²) in [5.41, 5.74) is 2.26. The number of anilines is 1. The number of halogens is 1. The SMILES string of the molecule is COC(=O)c1ccc(CNc2cc(Cl)nc(C3CC3)n2)nc1C1CC1. The zero-order valence-corrected chi connectivity index (χ0v) is 14.7.